The first-order chi connectivity index (χ1) is 9.33. The standard InChI is InChI=1S/C13H16N4OS.ClH/c18-12(6-10-8-19-5-4-14-10)16-11-3-1-2-9-7-15-17-13(9)11;/h1-3,7,10,14H,4-6,8H2,(H,15,17)(H,16,18);1H. The van der Waals surface area contributed by atoms with E-state index in [1.165, 1.54) is 0 Å². The Labute approximate surface area is 127 Å². The van der Waals surface area contributed by atoms with E-state index in [9.17, 15) is 4.79 Å². The molecule has 0 spiro atoms. The lowest BCUT2D eigenvalue weighted by atomic mass is 10.2. The molecule has 3 N–H and O–H groups in total. The number of halogens is 1. The van der Waals surface area contributed by atoms with Crippen molar-refractivity contribution in [2.45, 2.75) is 12.5 Å². The minimum Gasteiger partial charge on any atom is -0.324 e. The molecule has 1 aliphatic rings. The molecule has 2 heterocycles. The summed E-state index contributed by atoms with van der Waals surface area (Å²) in [6.45, 7) is 0.985. The number of fused-ring (bicyclic) bond motifs is 1. The van der Waals surface area contributed by atoms with E-state index in [0.29, 0.717) is 6.42 Å². The van der Waals surface area contributed by atoms with Crippen molar-refractivity contribution in [1.29, 1.82) is 0 Å². The molecular formula is C13H17ClN4OS. The predicted molar refractivity (Wildman–Crippen MR) is 85.7 cm³/mol. The second-order valence-electron chi connectivity index (χ2n) is 4.62. The summed E-state index contributed by atoms with van der Waals surface area (Å²) in [5.74, 6) is 2.18. The fourth-order valence-corrected chi connectivity index (χ4v) is 3.20. The summed E-state index contributed by atoms with van der Waals surface area (Å²) in [5, 5.41) is 14.2. The lowest BCUT2D eigenvalue weighted by molar-refractivity contribution is -0.116. The Morgan fingerprint density at radius 1 is 1.50 bits per heavy atom. The molecular weight excluding hydrogens is 296 g/mol. The number of hydrogen-bond acceptors (Lipinski definition) is 4. The summed E-state index contributed by atoms with van der Waals surface area (Å²) in [4.78, 5) is 12.1. The lowest BCUT2D eigenvalue weighted by Crippen LogP contribution is -2.39. The topological polar surface area (TPSA) is 69.8 Å². The molecule has 1 aromatic heterocycles. The second-order valence-corrected chi connectivity index (χ2v) is 5.77. The highest BCUT2D eigenvalue weighted by atomic mass is 35.5. The van der Waals surface area contributed by atoms with Crippen LogP contribution in [-0.4, -0.2) is 40.2 Å². The molecule has 1 aromatic carbocycles. The van der Waals surface area contributed by atoms with E-state index in [1.807, 2.05) is 30.0 Å². The van der Waals surface area contributed by atoms with Crippen molar-refractivity contribution >= 4 is 46.7 Å². The highest BCUT2D eigenvalue weighted by Gasteiger charge is 2.17. The second kappa shape index (κ2) is 6.97. The maximum absolute atomic E-state index is 12.1. The maximum atomic E-state index is 12.1. The molecule has 2 aromatic rings. The first-order valence-corrected chi connectivity index (χ1v) is 7.51. The summed E-state index contributed by atoms with van der Waals surface area (Å²) in [6, 6.07) is 6.05. The van der Waals surface area contributed by atoms with Gasteiger partial charge in [0.15, 0.2) is 0 Å². The zero-order valence-electron chi connectivity index (χ0n) is 10.9. The Balaban J connectivity index is 0.00000147. The van der Waals surface area contributed by atoms with Gasteiger partial charge in [-0.15, -0.1) is 12.4 Å². The monoisotopic (exact) mass is 312 g/mol. The van der Waals surface area contributed by atoms with Gasteiger partial charge in [-0.3, -0.25) is 9.89 Å². The largest absolute Gasteiger partial charge is 0.324 e. The summed E-state index contributed by atoms with van der Waals surface area (Å²) < 4.78 is 0. The summed E-state index contributed by atoms with van der Waals surface area (Å²) in [6.07, 6.45) is 2.27. The van der Waals surface area contributed by atoms with Crippen LogP contribution in [0.25, 0.3) is 10.9 Å². The van der Waals surface area contributed by atoms with E-state index in [2.05, 4.69) is 20.8 Å². The number of amides is 1. The number of H-pyrrole nitrogens is 1. The molecule has 1 amide bonds. The number of nitrogens with zero attached hydrogens (tertiary/aromatic N) is 1. The highest BCUT2D eigenvalue weighted by Crippen LogP contribution is 2.21. The fraction of sp³-hybridized carbons (Fsp3) is 0.385. The number of carbonyl (C=O) groups is 1. The lowest BCUT2D eigenvalue weighted by Gasteiger charge is -2.22. The quantitative estimate of drug-likeness (QED) is 0.811. The van der Waals surface area contributed by atoms with Gasteiger partial charge in [-0.1, -0.05) is 12.1 Å². The van der Waals surface area contributed by atoms with Gasteiger partial charge < -0.3 is 10.6 Å². The SMILES string of the molecule is Cl.O=C(CC1CSCCN1)Nc1cccc2cn[nH]c12. The Morgan fingerprint density at radius 2 is 2.40 bits per heavy atom. The summed E-state index contributed by atoms with van der Waals surface area (Å²) >= 11 is 1.90. The Bertz CT molecular complexity index is 583. The van der Waals surface area contributed by atoms with Crippen LogP contribution >= 0.6 is 24.2 Å². The van der Waals surface area contributed by atoms with Crippen LogP contribution in [0.3, 0.4) is 0 Å². The molecule has 20 heavy (non-hydrogen) atoms. The number of thioether (sulfide) groups is 1. The highest BCUT2D eigenvalue weighted by molar-refractivity contribution is 7.99. The summed E-state index contributed by atoms with van der Waals surface area (Å²) in [7, 11) is 0. The van der Waals surface area contributed by atoms with Crippen molar-refractivity contribution < 1.29 is 4.79 Å². The van der Waals surface area contributed by atoms with E-state index < -0.39 is 0 Å². The van der Waals surface area contributed by atoms with E-state index in [0.717, 1.165) is 34.6 Å². The first-order valence-electron chi connectivity index (χ1n) is 6.36. The smallest absolute Gasteiger partial charge is 0.226 e. The molecule has 0 bridgehead atoms. The van der Waals surface area contributed by atoms with Crippen molar-refractivity contribution in [2.24, 2.45) is 0 Å². The van der Waals surface area contributed by atoms with Crippen LogP contribution in [0.4, 0.5) is 5.69 Å². The molecule has 3 rings (SSSR count). The molecule has 5 nitrogen and oxygen atoms in total. The van der Waals surface area contributed by atoms with Crippen LogP contribution in [0.1, 0.15) is 6.42 Å². The number of anilines is 1. The van der Waals surface area contributed by atoms with Gasteiger partial charge in [-0.05, 0) is 6.07 Å². The molecule has 1 fully saturated rings. The number of aromatic amines is 1. The Morgan fingerprint density at radius 3 is 3.20 bits per heavy atom. The number of rotatable bonds is 3. The normalized spacial score (nSPS) is 18.5. The van der Waals surface area contributed by atoms with Gasteiger partial charge in [0.1, 0.15) is 0 Å². The third kappa shape index (κ3) is 3.45. The number of hydrogen-bond donors (Lipinski definition) is 3. The van der Waals surface area contributed by atoms with Gasteiger partial charge in [-0.2, -0.15) is 16.9 Å². The fourth-order valence-electron chi connectivity index (χ4n) is 2.25. The van der Waals surface area contributed by atoms with Crippen molar-refractivity contribution in [3.8, 4) is 0 Å². The molecule has 1 unspecified atom stereocenters. The van der Waals surface area contributed by atoms with Crippen molar-refractivity contribution in [1.82, 2.24) is 15.5 Å². The number of benzene rings is 1. The van der Waals surface area contributed by atoms with E-state index in [4.69, 9.17) is 0 Å². The van der Waals surface area contributed by atoms with E-state index in [1.54, 1.807) is 6.20 Å². The number of aromatic nitrogens is 2. The van der Waals surface area contributed by atoms with Crippen LogP contribution in [0.2, 0.25) is 0 Å². The van der Waals surface area contributed by atoms with Gasteiger partial charge >= 0.3 is 0 Å². The van der Waals surface area contributed by atoms with Crippen LogP contribution in [-0.2, 0) is 4.79 Å². The van der Waals surface area contributed by atoms with E-state index in [-0.39, 0.29) is 24.4 Å². The Hall–Kier alpha value is -1.24. The van der Waals surface area contributed by atoms with Crippen molar-refractivity contribution in [3.05, 3.63) is 24.4 Å². The Kier molecular flexibility index (Phi) is 5.28. The first kappa shape index (κ1) is 15.2. The van der Waals surface area contributed by atoms with Crippen LogP contribution in [0.5, 0.6) is 0 Å². The predicted octanol–water partition coefficient (Wildman–Crippen LogP) is 2.02. The molecule has 108 valence electrons. The van der Waals surface area contributed by atoms with Gasteiger partial charge in [0.25, 0.3) is 0 Å². The van der Waals surface area contributed by atoms with Crippen LogP contribution in [0.15, 0.2) is 24.4 Å². The number of nitrogens with one attached hydrogen (secondary N) is 3. The molecule has 1 saturated heterocycles. The van der Waals surface area contributed by atoms with Crippen LogP contribution < -0.4 is 10.6 Å². The number of carbonyl (C=O) groups excluding carboxylic acids is 1. The molecule has 1 atom stereocenters. The molecule has 0 radical (unpaired) electrons. The minimum atomic E-state index is 0. The number of para-hydroxylation sites is 1. The zero-order valence-corrected chi connectivity index (χ0v) is 12.5. The average Bonchev–Trinajstić information content (AvgIpc) is 2.89. The zero-order chi connectivity index (χ0) is 13.1. The van der Waals surface area contributed by atoms with Crippen molar-refractivity contribution in [2.75, 3.05) is 23.4 Å². The van der Waals surface area contributed by atoms with Crippen LogP contribution in [0, 0.1) is 0 Å². The third-order valence-electron chi connectivity index (χ3n) is 3.18. The molecule has 1 aliphatic heterocycles. The molecule has 0 aliphatic carbocycles. The molecule has 0 saturated carbocycles. The van der Waals surface area contributed by atoms with Crippen molar-refractivity contribution in [3.63, 3.8) is 0 Å². The average molecular weight is 313 g/mol. The third-order valence-corrected chi connectivity index (χ3v) is 4.31. The molecule has 7 heteroatoms. The minimum absolute atomic E-state index is 0. The van der Waals surface area contributed by atoms with Gasteiger partial charge in [0.2, 0.25) is 5.91 Å². The maximum Gasteiger partial charge on any atom is 0.226 e. The van der Waals surface area contributed by atoms with Gasteiger partial charge in [0, 0.05) is 35.9 Å². The van der Waals surface area contributed by atoms with E-state index >= 15 is 0 Å². The summed E-state index contributed by atoms with van der Waals surface area (Å²) in [5.41, 5.74) is 1.67. The van der Waals surface area contributed by atoms with Gasteiger partial charge in [-0.25, -0.2) is 0 Å². The van der Waals surface area contributed by atoms with Gasteiger partial charge in [0.05, 0.1) is 17.4 Å².